The van der Waals surface area contributed by atoms with Crippen LogP contribution in [0.4, 0.5) is 0 Å². The SMILES string of the molecule is C[C@H]1C=C[C@@H](CO)OO1. The molecule has 1 N–H and O–H groups in total. The Labute approximate surface area is 53.8 Å². The van der Waals surface area contributed by atoms with E-state index < -0.39 is 0 Å². The van der Waals surface area contributed by atoms with Gasteiger partial charge in [-0.25, -0.2) is 9.78 Å². The molecule has 0 aromatic rings. The van der Waals surface area contributed by atoms with Crippen LogP contribution in [0.2, 0.25) is 0 Å². The second-order valence-electron chi connectivity index (χ2n) is 2.00. The fraction of sp³-hybridized carbons (Fsp3) is 0.667. The molecule has 1 aliphatic rings. The van der Waals surface area contributed by atoms with Crippen molar-refractivity contribution in [2.45, 2.75) is 19.1 Å². The number of hydrogen-bond donors (Lipinski definition) is 1. The average molecular weight is 130 g/mol. The van der Waals surface area contributed by atoms with Gasteiger partial charge in [-0.2, -0.15) is 0 Å². The van der Waals surface area contributed by atoms with E-state index in [0.29, 0.717) is 0 Å². The van der Waals surface area contributed by atoms with Crippen molar-refractivity contribution in [2.75, 3.05) is 6.61 Å². The lowest BCUT2D eigenvalue weighted by atomic mass is 10.3. The highest BCUT2D eigenvalue weighted by molar-refractivity contribution is 4.94. The Balaban J connectivity index is 2.38. The highest BCUT2D eigenvalue weighted by Crippen LogP contribution is 2.06. The minimum absolute atomic E-state index is 0.00722. The van der Waals surface area contributed by atoms with Crippen molar-refractivity contribution >= 4 is 0 Å². The molecule has 0 unspecified atom stereocenters. The van der Waals surface area contributed by atoms with Gasteiger partial charge in [-0.05, 0) is 6.92 Å². The summed E-state index contributed by atoms with van der Waals surface area (Å²) >= 11 is 0. The number of rotatable bonds is 1. The Bertz CT molecular complexity index is 111. The van der Waals surface area contributed by atoms with Crippen LogP contribution in [-0.4, -0.2) is 23.9 Å². The van der Waals surface area contributed by atoms with E-state index in [1.165, 1.54) is 0 Å². The monoisotopic (exact) mass is 130 g/mol. The largest absolute Gasteiger partial charge is 0.393 e. The lowest BCUT2D eigenvalue weighted by Gasteiger charge is -2.17. The summed E-state index contributed by atoms with van der Waals surface area (Å²) < 4.78 is 0. The molecule has 0 saturated heterocycles. The van der Waals surface area contributed by atoms with Gasteiger partial charge in [0.1, 0.15) is 12.2 Å². The van der Waals surface area contributed by atoms with E-state index in [-0.39, 0.29) is 18.8 Å². The Kier molecular flexibility index (Phi) is 2.22. The van der Waals surface area contributed by atoms with Gasteiger partial charge in [-0.15, -0.1) is 0 Å². The van der Waals surface area contributed by atoms with E-state index in [9.17, 15) is 0 Å². The van der Waals surface area contributed by atoms with Gasteiger partial charge in [0.25, 0.3) is 0 Å². The van der Waals surface area contributed by atoms with Crippen molar-refractivity contribution in [1.29, 1.82) is 0 Å². The minimum Gasteiger partial charge on any atom is -0.393 e. The first-order chi connectivity index (χ1) is 4.33. The van der Waals surface area contributed by atoms with Crippen molar-refractivity contribution in [1.82, 2.24) is 0 Å². The second kappa shape index (κ2) is 2.96. The van der Waals surface area contributed by atoms with Gasteiger partial charge < -0.3 is 5.11 Å². The van der Waals surface area contributed by atoms with Crippen LogP contribution in [0.3, 0.4) is 0 Å². The molecule has 1 aliphatic heterocycles. The van der Waals surface area contributed by atoms with E-state index >= 15 is 0 Å². The molecule has 3 heteroatoms. The van der Waals surface area contributed by atoms with Crippen molar-refractivity contribution in [3.8, 4) is 0 Å². The second-order valence-corrected chi connectivity index (χ2v) is 2.00. The summed E-state index contributed by atoms with van der Waals surface area (Å²) in [6.07, 6.45) is 3.37. The molecular weight excluding hydrogens is 120 g/mol. The van der Waals surface area contributed by atoms with Crippen molar-refractivity contribution in [3.05, 3.63) is 12.2 Å². The molecule has 1 heterocycles. The highest BCUT2D eigenvalue weighted by Gasteiger charge is 2.11. The summed E-state index contributed by atoms with van der Waals surface area (Å²) in [5, 5.41) is 8.52. The van der Waals surface area contributed by atoms with Crippen molar-refractivity contribution < 1.29 is 14.9 Å². The van der Waals surface area contributed by atoms with Crippen LogP contribution < -0.4 is 0 Å². The lowest BCUT2D eigenvalue weighted by molar-refractivity contribution is -0.339. The molecule has 2 atom stereocenters. The van der Waals surface area contributed by atoms with Crippen LogP contribution in [0.25, 0.3) is 0 Å². The Morgan fingerprint density at radius 3 is 2.67 bits per heavy atom. The van der Waals surface area contributed by atoms with Gasteiger partial charge in [-0.1, -0.05) is 12.2 Å². The van der Waals surface area contributed by atoms with Gasteiger partial charge in [0.05, 0.1) is 6.61 Å². The van der Waals surface area contributed by atoms with Gasteiger partial charge in [0, 0.05) is 0 Å². The molecule has 0 aromatic heterocycles. The number of aliphatic hydroxyl groups excluding tert-OH is 1. The normalized spacial score (nSPS) is 34.9. The molecule has 3 nitrogen and oxygen atoms in total. The van der Waals surface area contributed by atoms with E-state index in [1.807, 2.05) is 13.0 Å². The van der Waals surface area contributed by atoms with Crippen molar-refractivity contribution in [2.24, 2.45) is 0 Å². The van der Waals surface area contributed by atoms with Crippen LogP contribution in [0, 0.1) is 0 Å². The summed E-state index contributed by atoms with van der Waals surface area (Å²) in [5.41, 5.74) is 0. The first-order valence-corrected chi connectivity index (χ1v) is 2.94. The maximum atomic E-state index is 8.52. The molecule has 0 aliphatic carbocycles. The number of aliphatic hydroxyl groups is 1. The van der Waals surface area contributed by atoms with Crippen LogP contribution in [-0.2, 0) is 9.78 Å². The van der Waals surface area contributed by atoms with Crippen molar-refractivity contribution in [3.63, 3.8) is 0 Å². The quantitative estimate of drug-likeness (QED) is 0.408. The van der Waals surface area contributed by atoms with Crippen LogP contribution in [0.1, 0.15) is 6.92 Å². The van der Waals surface area contributed by atoms with E-state index in [0.717, 1.165) is 0 Å². The molecule has 0 amide bonds. The third-order valence-electron chi connectivity index (χ3n) is 1.11. The van der Waals surface area contributed by atoms with Crippen LogP contribution in [0.15, 0.2) is 12.2 Å². The third-order valence-corrected chi connectivity index (χ3v) is 1.11. The maximum absolute atomic E-state index is 8.52. The van der Waals surface area contributed by atoms with Gasteiger partial charge in [-0.3, -0.25) is 0 Å². The Morgan fingerprint density at radius 2 is 2.22 bits per heavy atom. The van der Waals surface area contributed by atoms with Gasteiger partial charge >= 0.3 is 0 Å². The first kappa shape index (κ1) is 6.74. The predicted octanol–water partition coefficient (Wildman–Crippen LogP) is 0.254. The first-order valence-electron chi connectivity index (χ1n) is 2.94. The topological polar surface area (TPSA) is 38.7 Å². The molecule has 0 spiro atoms. The minimum atomic E-state index is -0.277. The zero-order valence-electron chi connectivity index (χ0n) is 5.28. The molecular formula is C6H10O3. The van der Waals surface area contributed by atoms with E-state index in [2.05, 4.69) is 0 Å². The summed E-state index contributed by atoms with van der Waals surface area (Å²) in [6.45, 7) is 1.84. The summed E-state index contributed by atoms with van der Waals surface area (Å²) in [4.78, 5) is 9.44. The maximum Gasteiger partial charge on any atom is 0.134 e. The Morgan fingerprint density at radius 1 is 1.44 bits per heavy atom. The fourth-order valence-electron chi connectivity index (χ4n) is 0.595. The van der Waals surface area contributed by atoms with Gasteiger partial charge in [0.15, 0.2) is 0 Å². The molecule has 0 aromatic carbocycles. The Hall–Kier alpha value is -0.380. The van der Waals surface area contributed by atoms with E-state index in [4.69, 9.17) is 14.9 Å². The summed E-state index contributed by atoms with van der Waals surface area (Å²) in [7, 11) is 0. The van der Waals surface area contributed by atoms with Gasteiger partial charge in [0.2, 0.25) is 0 Å². The number of hydrogen-bond acceptors (Lipinski definition) is 3. The average Bonchev–Trinajstić information content (AvgIpc) is 1.90. The van der Waals surface area contributed by atoms with Crippen LogP contribution >= 0.6 is 0 Å². The lowest BCUT2D eigenvalue weighted by Crippen LogP contribution is -2.23. The smallest absolute Gasteiger partial charge is 0.134 e. The summed E-state index contributed by atoms with van der Waals surface area (Å²) in [5.74, 6) is 0. The molecule has 9 heavy (non-hydrogen) atoms. The van der Waals surface area contributed by atoms with Crippen LogP contribution in [0.5, 0.6) is 0 Å². The molecule has 1 rings (SSSR count). The molecule has 0 saturated carbocycles. The third kappa shape index (κ3) is 1.78. The summed E-state index contributed by atoms with van der Waals surface area (Å²) in [6, 6.07) is 0. The molecule has 52 valence electrons. The highest BCUT2D eigenvalue weighted by atomic mass is 17.2. The van der Waals surface area contributed by atoms with E-state index in [1.54, 1.807) is 6.08 Å². The molecule has 0 radical (unpaired) electrons. The predicted molar refractivity (Wildman–Crippen MR) is 31.6 cm³/mol. The molecule has 0 fully saturated rings. The molecule has 0 bridgehead atoms. The fourth-order valence-corrected chi connectivity index (χ4v) is 0.595. The standard InChI is InChI=1S/C6H10O3/c1-5-2-3-6(4-7)9-8-5/h2-3,5-7H,4H2,1H3/t5-,6-/m0/s1. The zero-order chi connectivity index (χ0) is 6.69. The zero-order valence-corrected chi connectivity index (χ0v) is 5.28.